The number of aryl methyl sites for hydroxylation is 1. The van der Waals surface area contributed by atoms with Gasteiger partial charge in [-0.15, -0.1) is 0 Å². The Morgan fingerprint density at radius 3 is 2.56 bits per heavy atom. The highest BCUT2D eigenvalue weighted by Gasteiger charge is 2.49. The topological polar surface area (TPSA) is 180 Å². The van der Waals surface area contributed by atoms with Crippen LogP contribution in [-0.2, 0) is 27.5 Å². The number of aliphatic hydroxyl groups is 1. The number of phosphoric ester groups is 1. The number of amides is 3. The minimum Gasteiger partial charge on any atom is -0.390 e. The summed E-state index contributed by atoms with van der Waals surface area (Å²) in [5, 5.41) is 10.9. The molecule has 12 nitrogen and oxygen atoms in total. The van der Waals surface area contributed by atoms with E-state index in [9.17, 15) is 27.7 Å². The van der Waals surface area contributed by atoms with Gasteiger partial charge in [0.2, 0.25) is 8.87 Å². The van der Waals surface area contributed by atoms with Crippen molar-refractivity contribution in [3.63, 3.8) is 0 Å². The van der Waals surface area contributed by atoms with Gasteiger partial charge in [0.15, 0.2) is 0 Å². The summed E-state index contributed by atoms with van der Waals surface area (Å²) >= 11 is 0. The molecule has 15 heteroatoms. The van der Waals surface area contributed by atoms with Crippen molar-refractivity contribution in [2.24, 2.45) is 0 Å². The first-order valence-electron chi connectivity index (χ1n) is 9.64. The van der Waals surface area contributed by atoms with Gasteiger partial charge in [-0.25, -0.2) is 17.8 Å². The molecule has 0 aromatic heterocycles. The van der Waals surface area contributed by atoms with Crippen molar-refractivity contribution in [2.45, 2.75) is 42.0 Å². The van der Waals surface area contributed by atoms with Crippen molar-refractivity contribution in [1.29, 1.82) is 0 Å². The molecule has 0 saturated carbocycles. The summed E-state index contributed by atoms with van der Waals surface area (Å²) in [6.07, 6.45) is -4.04. The number of nitrogens with one attached hydrogen (secondary N) is 1. The van der Waals surface area contributed by atoms with E-state index < -0.39 is 59.0 Å². The van der Waals surface area contributed by atoms with Crippen molar-refractivity contribution in [2.75, 3.05) is 6.61 Å². The number of urea groups is 1. The first kappa shape index (κ1) is 26.4. The molecule has 3 amide bonds. The Hall–Kier alpha value is -2.21. The van der Waals surface area contributed by atoms with Crippen LogP contribution in [0, 0.1) is 6.92 Å². The van der Waals surface area contributed by atoms with Crippen molar-refractivity contribution >= 4 is 39.4 Å². The molecule has 0 bridgehead atoms. The summed E-state index contributed by atoms with van der Waals surface area (Å²) in [7, 11) is -8.68. The molecule has 34 heavy (non-hydrogen) atoms. The number of hydrogen-bond acceptors (Lipinski definition) is 9. The van der Waals surface area contributed by atoms with Gasteiger partial charge in [-0.05, 0) is 25.6 Å². The largest absolute Gasteiger partial charge is 0.469 e. The van der Waals surface area contributed by atoms with E-state index in [-0.39, 0.29) is 27.7 Å². The number of rotatable bonds is 7. The lowest BCUT2D eigenvalue weighted by molar-refractivity contribution is -0.119. The molecule has 4 atom stereocenters. The summed E-state index contributed by atoms with van der Waals surface area (Å²) in [4.78, 5) is 43.8. The molecular weight excluding hydrogens is 511 g/mol. The Labute approximate surface area is 198 Å². The molecule has 2 aliphatic rings. The minimum atomic E-state index is -4.85. The van der Waals surface area contributed by atoms with Gasteiger partial charge < -0.3 is 19.6 Å². The lowest BCUT2D eigenvalue weighted by atomic mass is 10.1. The fourth-order valence-electron chi connectivity index (χ4n) is 3.26. The lowest BCUT2D eigenvalue weighted by Crippen LogP contribution is -2.59. The monoisotopic (exact) mass is 532 g/mol. The van der Waals surface area contributed by atoms with Crippen molar-refractivity contribution in [3.8, 4) is 0 Å². The number of aliphatic hydroxyl groups excluding tert-OH is 1. The van der Waals surface area contributed by atoms with Crippen LogP contribution >= 0.6 is 18.6 Å². The Morgan fingerprint density at radius 1 is 1.32 bits per heavy atom. The van der Waals surface area contributed by atoms with Crippen molar-refractivity contribution in [1.82, 2.24) is 10.2 Å². The number of carbonyl (C=O) groups is 2. The lowest BCUT2D eigenvalue weighted by Gasteiger charge is -2.38. The third-order valence-corrected chi connectivity index (χ3v) is 8.99. The van der Waals surface area contributed by atoms with Crippen LogP contribution in [0.3, 0.4) is 0 Å². The zero-order chi connectivity index (χ0) is 25.3. The number of hydrogen-bond donors (Lipinski definition) is 4. The molecule has 2 heterocycles. The van der Waals surface area contributed by atoms with E-state index in [2.05, 4.69) is 22.6 Å². The first-order valence-corrected chi connectivity index (χ1v) is 14.1. The van der Waals surface area contributed by atoms with Gasteiger partial charge in [0.05, 0.1) is 17.6 Å². The van der Waals surface area contributed by atoms with Crippen LogP contribution in [0.25, 0.3) is 0 Å². The Morgan fingerprint density at radius 2 is 1.97 bits per heavy atom. The highest BCUT2D eigenvalue weighted by Crippen LogP contribution is 2.40. The molecule has 0 spiro atoms. The zero-order valence-electron chi connectivity index (χ0n) is 17.7. The van der Waals surface area contributed by atoms with Crippen molar-refractivity contribution in [3.05, 3.63) is 53.4 Å². The second-order valence-corrected chi connectivity index (χ2v) is 12.5. The zero-order valence-corrected chi connectivity index (χ0v) is 20.2. The molecule has 0 radical (unpaired) electrons. The third-order valence-electron chi connectivity index (χ3n) is 4.87. The van der Waals surface area contributed by atoms with Gasteiger partial charge in [0.1, 0.15) is 23.3 Å². The fraction of sp³-hybridized carbons (Fsp3) is 0.368. The maximum absolute atomic E-state index is 13.1. The SMILES string of the molecule is C=C=C=C1C(=O)NC(=O)N(C2CC(O)C(COP(=O)(O)O)O2)C1SS(=O)(=O)c1ccc(C)cc1. The first-order chi connectivity index (χ1) is 15.8. The Balaban J connectivity index is 1.95. The second kappa shape index (κ2) is 10.2. The third kappa shape index (κ3) is 6.07. The molecule has 2 saturated heterocycles. The highest BCUT2D eigenvalue weighted by atomic mass is 33.1. The van der Waals surface area contributed by atoms with E-state index in [1.807, 2.05) is 5.32 Å². The molecule has 1 aromatic rings. The summed E-state index contributed by atoms with van der Waals surface area (Å²) in [6.45, 7) is 4.43. The van der Waals surface area contributed by atoms with Gasteiger partial charge in [-0.1, -0.05) is 29.2 Å². The van der Waals surface area contributed by atoms with Crippen LogP contribution in [-0.4, -0.2) is 70.6 Å². The van der Waals surface area contributed by atoms with Gasteiger partial charge in [0, 0.05) is 17.2 Å². The highest BCUT2D eigenvalue weighted by molar-refractivity contribution is 8.72. The average molecular weight is 532 g/mol. The van der Waals surface area contributed by atoms with E-state index in [1.165, 1.54) is 12.1 Å². The normalized spacial score (nSPS) is 25.6. The minimum absolute atomic E-state index is 0.0660. The summed E-state index contributed by atoms with van der Waals surface area (Å²) < 4.78 is 47.1. The summed E-state index contributed by atoms with van der Waals surface area (Å²) in [5.41, 5.74) is 5.25. The smallest absolute Gasteiger partial charge is 0.390 e. The predicted molar refractivity (Wildman–Crippen MR) is 119 cm³/mol. The maximum Gasteiger partial charge on any atom is 0.469 e. The molecular formula is C19H21N2O10PS2. The van der Waals surface area contributed by atoms with E-state index >= 15 is 0 Å². The molecule has 2 aliphatic heterocycles. The number of ether oxygens (including phenoxy) is 1. The molecule has 184 valence electrons. The Kier molecular flexibility index (Phi) is 7.91. The van der Waals surface area contributed by atoms with Crippen LogP contribution in [0.4, 0.5) is 4.79 Å². The van der Waals surface area contributed by atoms with Crippen LogP contribution in [0.15, 0.2) is 52.8 Å². The quantitative estimate of drug-likeness (QED) is 0.168. The molecule has 4 N–H and O–H groups in total. The van der Waals surface area contributed by atoms with E-state index in [0.29, 0.717) is 0 Å². The van der Waals surface area contributed by atoms with E-state index in [0.717, 1.165) is 10.5 Å². The number of imide groups is 1. The van der Waals surface area contributed by atoms with Crippen LogP contribution in [0.2, 0.25) is 0 Å². The van der Waals surface area contributed by atoms with E-state index in [1.54, 1.807) is 19.1 Å². The van der Waals surface area contributed by atoms with Crippen LogP contribution in [0.5, 0.6) is 0 Å². The molecule has 2 fully saturated rings. The fourth-order valence-corrected chi connectivity index (χ4v) is 6.97. The van der Waals surface area contributed by atoms with Gasteiger partial charge >= 0.3 is 13.9 Å². The Bertz CT molecular complexity index is 1220. The number of benzene rings is 1. The van der Waals surface area contributed by atoms with E-state index in [4.69, 9.17) is 14.5 Å². The molecule has 3 rings (SSSR count). The number of phosphoric acid groups is 1. The van der Waals surface area contributed by atoms with Crippen LogP contribution in [0.1, 0.15) is 12.0 Å². The number of nitrogens with zero attached hydrogens (tertiary/aromatic N) is 1. The predicted octanol–water partition coefficient (Wildman–Crippen LogP) is 0.746. The van der Waals surface area contributed by atoms with Crippen LogP contribution < -0.4 is 5.32 Å². The van der Waals surface area contributed by atoms with Gasteiger partial charge in [-0.2, -0.15) is 0 Å². The maximum atomic E-state index is 13.1. The second-order valence-electron chi connectivity index (χ2n) is 7.32. The average Bonchev–Trinajstić information content (AvgIpc) is 3.09. The molecule has 1 aromatic carbocycles. The van der Waals surface area contributed by atoms with Gasteiger partial charge in [-0.3, -0.25) is 19.5 Å². The standard InChI is InChI=1S/C19H21N2O10PS2/c1-3-4-13-17(23)20-19(24)21(16-9-14(22)15(31-16)10-30-32(25,26)27)18(13)33-34(28,29)12-7-5-11(2)6-8-12/h5-8,14-16,18,22H,1,9-10H2,2H3,(H,20,23,24)(H2,25,26,27). The summed E-state index contributed by atoms with van der Waals surface area (Å²) in [5.74, 6) is -0.908. The number of carbonyl (C=O) groups excluding carboxylic acids is 2. The summed E-state index contributed by atoms with van der Waals surface area (Å²) in [6, 6.07) is 4.94. The van der Waals surface area contributed by atoms with Gasteiger partial charge in [0.25, 0.3) is 5.91 Å². The molecule has 0 aliphatic carbocycles. The van der Waals surface area contributed by atoms with Crippen molar-refractivity contribution < 1.29 is 46.7 Å². The molecule has 4 unspecified atom stereocenters.